The topological polar surface area (TPSA) is 78.9 Å². The SMILES string of the molecule is CC/C=C\C/C=C\C/C=C\C/C=C\C/C=C\CCCCCCCC(=O)OCC(COC(=O)CCCCCCC/C=C\CCCCCCC)OC(=O)CCCCCCC/C=C\C/C=C\CCCCC. The van der Waals surface area contributed by atoms with Crippen LogP contribution in [-0.4, -0.2) is 37.2 Å². The average Bonchev–Trinajstić information content (AvgIpc) is 3.34. The molecule has 0 saturated carbocycles. The zero-order valence-electron chi connectivity index (χ0n) is 44.3. The number of carbonyl (C=O) groups is 3. The third kappa shape index (κ3) is 53.3. The molecule has 0 N–H and O–H groups in total. The minimum atomic E-state index is -0.797. The molecule has 0 amide bonds. The van der Waals surface area contributed by atoms with Crippen molar-refractivity contribution in [2.75, 3.05) is 13.2 Å². The molecule has 388 valence electrons. The number of rotatable bonds is 50. The van der Waals surface area contributed by atoms with Crippen LogP contribution < -0.4 is 0 Å². The van der Waals surface area contributed by atoms with E-state index in [2.05, 4.69) is 118 Å². The quantitative estimate of drug-likeness (QED) is 0.0262. The second kappa shape index (κ2) is 55.9. The van der Waals surface area contributed by atoms with Gasteiger partial charge in [0.05, 0.1) is 0 Å². The number of ether oxygens (including phenoxy) is 3. The third-order valence-electron chi connectivity index (χ3n) is 11.8. The molecule has 0 aromatic carbocycles. The van der Waals surface area contributed by atoms with Crippen LogP contribution in [-0.2, 0) is 28.6 Å². The molecule has 0 aromatic heterocycles. The molecule has 0 aliphatic heterocycles. The Bertz CT molecular complexity index is 1360. The Morgan fingerprint density at radius 2 is 0.574 bits per heavy atom. The summed E-state index contributed by atoms with van der Waals surface area (Å²) in [6.45, 7) is 6.46. The van der Waals surface area contributed by atoms with Gasteiger partial charge in [-0.3, -0.25) is 14.4 Å². The standard InChI is InChI=1S/C62H104O6/c1-4-7-10-13-16-19-22-25-28-29-30-31-32-33-35-37-40-43-46-49-52-55-61(64)67-58-59(57-66-60(63)54-51-48-45-42-39-36-27-24-21-18-15-12-9-6-3)68-62(65)56-53-50-47-44-41-38-34-26-23-20-17-14-11-8-5-2/h7,10,16-17,19-20,24-28,30-31,33-35,59H,4-6,8-9,11-15,18,21-23,29,32,36-58H2,1-3H3/b10-7-,19-16-,20-17-,27-24-,28-25-,31-30-,34-26-,35-33-. The van der Waals surface area contributed by atoms with E-state index >= 15 is 0 Å². The highest BCUT2D eigenvalue weighted by Crippen LogP contribution is 2.14. The van der Waals surface area contributed by atoms with E-state index in [0.717, 1.165) is 141 Å². The zero-order chi connectivity index (χ0) is 49.3. The van der Waals surface area contributed by atoms with Gasteiger partial charge in [0.25, 0.3) is 0 Å². The lowest BCUT2D eigenvalue weighted by Gasteiger charge is -2.18. The summed E-state index contributed by atoms with van der Waals surface area (Å²) in [5.41, 5.74) is 0. The van der Waals surface area contributed by atoms with Gasteiger partial charge in [-0.2, -0.15) is 0 Å². The fourth-order valence-electron chi connectivity index (χ4n) is 7.55. The van der Waals surface area contributed by atoms with Gasteiger partial charge in [0.1, 0.15) is 13.2 Å². The summed E-state index contributed by atoms with van der Waals surface area (Å²) < 4.78 is 16.8. The molecule has 0 aromatic rings. The molecule has 6 heteroatoms. The van der Waals surface area contributed by atoms with E-state index in [1.165, 1.54) is 77.0 Å². The highest BCUT2D eigenvalue weighted by Gasteiger charge is 2.19. The Morgan fingerprint density at radius 3 is 0.941 bits per heavy atom. The second-order valence-electron chi connectivity index (χ2n) is 18.5. The largest absolute Gasteiger partial charge is 0.462 e. The Balaban J connectivity index is 4.44. The molecule has 0 saturated heterocycles. The summed E-state index contributed by atoms with van der Waals surface area (Å²) in [5.74, 6) is -0.934. The molecule has 6 nitrogen and oxygen atoms in total. The van der Waals surface area contributed by atoms with Crippen LogP contribution in [0.5, 0.6) is 0 Å². The summed E-state index contributed by atoms with van der Waals surface area (Å²) in [4.78, 5) is 38.1. The van der Waals surface area contributed by atoms with Crippen molar-refractivity contribution in [3.63, 3.8) is 0 Å². The van der Waals surface area contributed by atoms with E-state index in [1.807, 2.05) is 0 Å². The van der Waals surface area contributed by atoms with Crippen molar-refractivity contribution in [2.45, 2.75) is 264 Å². The third-order valence-corrected chi connectivity index (χ3v) is 11.8. The van der Waals surface area contributed by atoms with Crippen LogP contribution in [0.3, 0.4) is 0 Å². The van der Waals surface area contributed by atoms with Gasteiger partial charge >= 0.3 is 17.9 Å². The van der Waals surface area contributed by atoms with Crippen LogP contribution in [0.15, 0.2) is 97.2 Å². The van der Waals surface area contributed by atoms with Crippen molar-refractivity contribution in [3.05, 3.63) is 97.2 Å². The van der Waals surface area contributed by atoms with Crippen molar-refractivity contribution in [1.29, 1.82) is 0 Å². The maximum Gasteiger partial charge on any atom is 0.306 e. The summed E-state index contributed by atoms with van der Waals surface area (Å²) >= 11 is 0. The predicted molar refractivity (Wildman–Crippen MR) is 293 cm³/mol. The molecular weight excluding hydrogens is 841 g/mol. The highest BCUT2D eigenvalue weighted by atomic mass is 16.6. The summed E-state index contributed by atoms with van der Waals surface area (Å²) in [5, 5.41) is 0. The van der Waals surface area contributed by atoms with Crippen molar-refractivity contribution < 1.29 is 28.6 Å². The van der Waals surface area contributed by atoms with Crippen molar-refractivity contribution >= 4 is 17.9 Å². The van der Waals surface area contributed by atoms with Gasteiger partial charge in [0, 0.05) is 19.3 Å². The molecule has 0 radical (unpaired) electrons. The Hall–Kier alpha value is -3.67. The van der Waals surface area contributed by atoms with Crippen LogP contribution in [0.25, 0.3) is 0 Å². The van der Waals surface area contributed by atoms with Gasteiger partial charge < -0.3 is 14.2 Å². The second-order valence-corrected chi connectivity index (χ2v) is 18.5. The number of esters is 3. The first-order chi connectivity index (χ1) is 33.5. The fraction of sp³-hybridized carbons (Fsp3) is 0.694. The molecular formula is C62H104O6. The number of unbranched alkanes of at least 4 members (excludes halogenated alkanes) is 23. The van der Waals surface area contributed by atoms with Crippen LogP contribution in [0.1, 0.15) is 258 Å². The summed E-state index contributed by atoms with van der Waals surface area (Å²) in [6.07, 6.45) is 73.9. The predicted octanol–water partition coefficient (Wildman–Crippen LogP) is 18.9. The van der Waals surface area contributed by atoms with Gasteiger partial charge in [0.2, 0.25) is 0 Å². The van der Waals surface area contributed by atoms with Gasteiger partial charge in [-0.25, -0.2) is 0 Å². The molecule has 0 aliphatic carbocycles. The minimum Gasteiger partial charge on any atom is -0.462 e. The van der Waals surface area contributed by atoms with Gasteiger partial charge in [-0.15, -0.1) is 0 Å². The first kappa shape index (κ1) is 64.3. The number of allylic oxidation sites excluding steroid dienone is 16. The Labute approximate surface area is 419 Å². The van der Waals surface area contributed by atoms with E-state index in [1.54, 1.807) is 0 Å². The fourth-order valence-corrected chi connectivity index (χ4v) is 7.55. The van der Waals surface area contributed by atoms with Crippen LogP contribution >= 0.6 is 0 Å². The van der Waals surface area contributed by atoms with Gasteiger partial charge in [0.15, 0.2) is 6.10 Å². The lowest BCUT2D eigenvalue weighted by Crippen LogP contribution is -2.30. The molecule has 1 atom stereocenters. The lowest BCUT2D eigenvalue weighted by molar-refractivity contribution is -0.167. The first-order valence-electron chi connectivity index (χ1n) is 28.2. The molecule has 0 spiro atoms. The van der Waals surface area contributed by atoms with E-state index in [4.69, 9.17) is 14.2 Å². The van der Waals surface area contributed by atoms with E-state index in [9.17, 15) is 14.4 Å². The molecule has 0 heterocycles. The van der Waals surface area contributed by atoms with Crippen LogP contribution in [0, 0.1) is 0 Å². The zero-order valence-corrected chi connectivity index (χ0v) is 44.3. The van der Waals surface area contributed by atoms with E-state index < -0.39 is 6.10 Å². The van der Waals surface area contributed by atoms with E-state index in [0.29, 0.717) is 19.3 Å². The maximum absolute atomic E-state index is 12.8. The van der Waals surface area contributed by atoms with Crippen molar-refractivity contribution in [2.24, 2.45) is 0 Å². The smallest absolute Gasteiger partial charge is 0.306 e. The molecule has 1 unspecified atom stereocenters. The normalized spacial score (nSPS) is 12.8. The van der Waals surface area contributed by atoms with Gasteiger partial charge in [-0.1, -0.05) is 214 Å². The molecule has 68 heavy (non-hydrogen) atoms. The lowest BCUT2D eigenvalue weighted by atomic mass is 10.1. The molecule has 0 aliphatic rings. The monoisotopic (exact) mass is 945 g/mol. The highest BCUT2D eigenvalue weighted by molar-refractivity contribution is 5.71. The van der Waals surface area contributed by atoms with Crippen LogP contribution in [0.2, 0.25) is 0 Å². The van der Waals surface area contributed by atoms with Crippen molar-refractivity contribution in [1.82, 2.24) is 0 Å². The molecule has 0 bridgehead atoms. The number of carbonyl (C=O) groups excluding carboxylic acids is 3. The van der Waals surface area contributed by atoms with Crippen molar-refractivity contribution in [3.8, 4) is 0 Å². The van der Waals surface area contributed by atoms with Crippen LogP contribution in [0.4, 0.5) is 0 Å². The Morgan fingerprint density at radius 1 is 0.309 bits per heavy atom. The summed E-state index contributed by atoms with van der Waals surface area (Å²) in [7, 11) is 0. The van der Waals surface area contributed by atoms with E-state index in [-0.39, 0.29) is 31.1 Å². The average molecular weight is 946 g/mol. The number of hydrogen-bond acceptors (Lipinski definition) is 6. The number of hydrogen-bond donors (Lipinski definition) is 0. The Kier molecular flexibility index (Phi) is 52.9. The molecule has 0 fully saturated rings. The van der Waals surface area contributed by atoms with Gasteiger partial charge in [-0.05, 0) is 122 Å². The maximum atomic E-state index is 12.8. The summed E-state index contributed by atoms with van der Waals surface area (Å²) in [6, 6.07) is 0. The first-order valence-corrected chi connectivity index (χ1v) is 28.2. The minimum absolute atomic E-state index is 0.0944. The molecule has 0 rings (SSSR count).